The van der Waals surface area contributed by atoms with Gasteiger partial charge >= 0.3 is 0 Å². The molecule has 0 aliphatic heterocycles. The number of carbonyl (C=O) groups excluding carboxylic acids is 1. The largest absolute Gasteiger partial charge is 0.357 e. The maximum absolute atomic E-state index is 11.8. The molecule has 7 heteroatoms. The predicted molar refractivity (Wildman–Crippen MR) is 88.9 cm³/mol. The smallest absolute Gasteiger partial charge is 0.260 e. The summed E-state index contributed by atoms with van der Waals surface area (Å²) in [4.78, 5) is 11.8. The molecule has 22 heavy (non-hydrogen) atoms. The van der Waals surface area contributed by atoms with Crippen molar-refractivity contribution in [2.75, 3.05) is 0 Å². The Balaban J connectivity index is 1.72. The summed E-state index contributed by atoms with van der Waals surface area (Å²) >= 11 is 5.11. The summed E-state index contributed by atoms with van der Waals surface area (Å²) in [6.45, 7) is 4.54. The second-order valence-corrected chi connectivity index (χ2v) is 5.33. The number of thiocarbonyl (C=S) groups is 1. The Kier molecular flexibility index (Phi) is 5.48. The molecule has 0 spiro atoms. The van der Waals surface area contributed by atoms with E-state index >= 15 is 0 Å². The fourth-order valence-corrected chi connectivity index (χ4v) is 2.08. The lowest BCUT2D eigenvalue weighted by atomic mass is 10.2. The van der Waals surface area contributed by atoms with E-state index in [4.69, 9.17) is 12.2 Å². The molecule has 1 amide bonds. The minimum absolute atomic E-state index is 0.147. The molecular formula is C15H19N5OS. The van der Waals surface area contributed by atoms with Gasteiger partial charge in [-0.1, -0.05) is 30.3 Å². The lowest BCUT2D eigenvalue weighted by Gasteiger charge is -2.12. The number of hydrogen-bond acceptors (Lipinski definition) is 3. The third-order valence-electron chi connectivity index (χ3n) is 3.01. The molecule has 0 bridgehead atoms. The number of carbonyl (C=O) groups is 1. The zero-order valence-electron chi connectivity index (χ0n) is 12.6. The average Bonchev–Trinajstić information content (AvgIpc) is 2.82. The van der Waals surface area contributed by atoms with Gasteiger partial charge in [0, 0.05) is 12.2 Å². The molecule has 6 nitrogen and oxygen atoms in total. The Morgan fingerprint density at radius 1 is 1.23 bits per heavy atom. The normalized spacial score (nSPS) is 10.1. The highest BCUT2D eigenvalue weighted by molar-refractivity contribution is 7.80. The van der Waals surface area contributed by atoms with Gasteiger partial charge in [-0.2, -0.15) is 5.10 Å². The van der Waals surface area contributed by atoms with Crippen molar-refractivity contribution in [1.29, 1.82) is 0 Å². The van der Waals surface area contributed by atoms with E-state index in [2.05, 4.69) is 21.3 Å². The van der Waals surface area contributed by atoms with Crippen molar-refractivity contribution in [3.63, 3.8) is 0 Å². The van der Waals surface area contributed by atoms with Gasteiger partial charge in [-0.05, 0) is 37.7 Å². The Hall–Kier alpha value is -2.41. The zero-order chi connectivity index (χ0) is 15.9. The number of nitrogens with zero attached hydrogens (tertiary/aromatic N) is 2. The summed E-state index contributed by atoms with van der Waals surface area (Å²) in [6.07, 6.45) is 0. The molecule has 0 saturated heterocycles. The number of rotatable bonds is 4. The summed E-state index contributed by atoms with van der Waals surface area (Å²) < 4.78 is 1.65. The van der Waals surface area contributed by atoms with Crippen LogP contribution in [0.4, 0.5) is 0 Å². The Morgan fingerprint density at radius 3 is 2.59 bits per heavy atom. The van der Waals surface area contributed by atoms with E-state index in [0.717, 1.165) is 17.0 Å². The Bertz CT molecular complexity index is 653. The van der Waals surface area contributed by atoms with Crippen molar-refractivity contribution in [1.82, 2.24) is 25.9 Å². The van der Waals surface area contributed by atoms with E-state index in [-0.39, 0.29) is 12.5 Å². The number of amides is 1. The number of nitrogens with one attached hydrogen (secondary N) is 3. The first-order valence-corrected chi connectivity index (χ1v) is 7.33. The van der Waals surface area contributed by atoms with Gasteiger partial charge < -0.3 is 5.32 Å². The summed E-state index contributed by atoms with van der Waals surface area (Å²) in [7, 11) is 0. The maximum Gasteiger partial charge on any atom is 0.260 e. The van der Waals surface area contributed by atoms with Crippen molar-refractivity contribution >= 4 is 23.2 Å². The van der Waals surface area contributed by atoms with Gasteiger partial charge in [0.15, 0.2) is 5.11 Å². The van der Waals surface area contributed by atoms with Crippen LogP contribution in [0.5, 0.6) is 0 Å². The minimum Gasteiger partial charge on any atom is -0.357 e. The van der Waals surface area contributed by atoms with E-state index in [9.17, 15) is 4.79 Å². The van der Waals surface area contributed by atoms with Crippen LogP contribution in [0.2, 0.25) is 0 Å². The summed E-state index contributed by atoms with van der Waals surface area (Å²) in [6, 6.07) is 11.8. The van der Waals surface area contributed by atoms with Gasteiger partial charge in [0.2, 0.25) is 0 Å². The van der Waals surface area contributed by atoms with Crippen LogP contribution >= 0.6 is 12.2 Å². The van der Waals surface area contributed by atoms with Crippen molar-refractivity contribution in [2.24, 2.45) is 0 Å². The molecule has 1 aromatic carbocycles. The average molecular weight is 317 g/mol. The lowest BCUT2D eigenvalue weighted by Crippen LogP contribution is -2.47. The fourth-order valence-electron chi connectivity index (χ4n) is 1.96. The highest BCUT2D eigenvalue weighted by Gasteiger charge is 2.07. The van der Waals surface area contributed by atoms with Crippen molar-refractivity contribution in [3.8, 4) is 0 Å². The molecule has 2 aromatic rings. The number of benzene rings is 1. The van der Waals surface area contributed by atoms with Gasteiger partial charge in [-0.3, -0.25) is 20.3 Å². The third-order valence-corrected chi connectivity index (χ3v) is 3.25. The molecular weight excluding hydrogens is 298 g/mol. The van der Waals surface area contributed by atoms with E-state index in [1.54, 1.807) is 4.68 Å². The molecule has 0 atom stereocenters. The summed E-state index contributed by atoms with van der Waals surface area (Å²) in [5.41, 5.74) is 8.17. The zero-order valence-corrected chi connectivity index (χ0v) is 13.4. The quantitative estimate of drug-likeness (QED) is 0.584. The third kappa shape index (κ3) is 4.85. The van der Waals surface area contributed by atoms with Crippen LogP contribution in [-0.4, -0.2) is 20.8 Å². The Labute approximate surface area is 134 Å². The second kappa shape index (κ2) is 7.56. The molecule has 1 heterocycles. The Morgan fingerprint density at radius 2 is 1.95 bits per heavy atom. The molecule has 116 valence electrons. The van der Waals surface area contributed by atoms with Gasteiger partial charge in [0.05, 0.1) is 5.69 Å². The number of aryl methyl sites for hydroxylation is 2. The summed E-state index contributed by atoms with van der Waals surface area (Å²) in [5.74, 6) is -0.213. The maximum atomic E-state index is 11.8. The summed E-state index contributed by atoms with van der Waals surface area (Å²) in [5, 5.41) is 7.62. The van der Waals surface area contributed by atoms with Gasteiger partial charge in [-0.15, -0.1) is 0 Å². The monoisotopic (exact) mass is 317 g/mol. The molecule has 0 unspecified atom stereocenters. The molecule has 0 aliphatic rings. The molecule has 1 aromatic heterocycles. The molecule has 3 N–H and O–H groups in total. The highest BCUT2D eigenvalue weighted by atomic mass is 32.1. The van der Waals surface area contributed by atoms with Gasteiger partial charge in [0.1, 0.15) is 6.54 Å². The number of hydrazine groups is 1. The van der Waals surface area contributed by atoms with E-state index < -0.39 is 0 Å². The van der Waals surface area contributed by atoms with Crippen molar-refractivity contribution in [2.45, 2.75) is 26.9 Å². The number of hydrogen-bond donors (Lipinski definition) is 3. The van der Waals surface area contributed by atoms with Gasteiger partial charge in [0.25, 0.3) is 5.91 Å². The fraction of sp³-hybridized carbons (Fsp3) is 0.267. The molecule has 0 aliphatic carbocycles. The van der Waals surface area contributed by atoms with Gasteiger partial charge in [-0.25, -0.2) is 0 Å². The first-order valence-electron chi connectivity index (χ1n) is 6.92. The molecule has 0 radical (unpaired) electrons. The lowest BCUT2D eigenvalue weighted by molar-refractivity contribution is -0.122. The van der Waals surface area contributed by atoms with Crippen LogP contribution in [0.25, 0.3) is 0 Å². The standard InChI is InChI=1S/C15H19N5OS/c1-11-8-12(2)20(19-11)10-14(21)17-18-15(22)16-9-13-6-4-3-5-7-13/h3-8H,9-10H2,1-2H3,(H,17,21)(H2,16,18,22). The van der Waals surface area contributed by atoms with Crippen LogP contribution in [0, 0.1) is 13.8 Å². The van der Waals surface area contributed by atoms with Crippen molar-refractivity contribution < 1.29 is 4.79 Å². The minimum atomic E-state index is -0.213. The highest BCUT2D eigenvalue weighted by Crippen LogP contribution is 2.00. The van der Waals surface area contributed by atoms with Crippen LogP contribution in [-0.2, 0) is 17.9 Å². The molecule has 0 saturated carbocycles. The van der Waals surface area contributed by atoms with E-state index in [1.165, 1.54) is 0 Å². The predicted octanol–water partition coefficient (Wildman–Crippen LogP) is 1.20. The number of aromatic nitrogens is 2. The second-order valence-electron chi connectivity index (χ2n) is 4.93. The topological polar surface area (TPSA) is 71.0 Å². The SMILES string of the molecule is Cc1cc(C)n(CC(=O)NNC(=S)NCc2ccccc2)n1. The van der Waals surface area contributed by atoms with Crippen LogP contribution < -0.4 is 16.2 Å². The molecule has 0 fully saturated rings. The van der Waals surface area contributed by atoms with E-state index in [0.29, 0.717) is 11.7 Å². The first kappa shape index (κ1) is 16.0. The van der Waals surface area contributed by atoms with Crippen LogP contribution in [0.15, 0.2) is 36.4 Å². The van der Waals surface area contributed by atoms with Crippen molar-refractivity contribution in [3.05, 3.63) is 53.3 Å². The van der Waals surface area contributed by atoms with E-state index in [1.807, 2.05) is 50.2 Å². The van der Waals surface area contributed by atoms with Crippen LogP contribution in [0.1, 0.15) is 17.0 Å². The van der Waals surface area contributed by atoms with Crippen LogP contribution in [0.3, 0.4) is 0 Å². The molecule has 2 rings (SSSR count). The first-order chi connectivity index (χ1) is 10.5.